The zero-order valence-electron chi connectivity index (χ0n) is 12.1. The molecular weight excluding hydrogens is 363 g/mol. The molecule has 1 aliphatic heterocycles. The van der Waals surface area contributed by atoms with Crippen molar-refractivity contribution in [3.05, 3.63) is 65.2 Å². The molecule has 2 aromatic rings. The molecule has 10 heteroatoms. The Bertz CT molecular complexity index is 950. The Morgan fingerprint density at radius 2 is 1.32 bits per heavy atom. The van der Waals surface area contributed by atoms with Gasteiger partial charge in [0.15, 0.2) is 0 Å². The van der Waals surface area contributed by atoms with Gasteiger partial charge in [0.1, 0.15) is 4.90 Å². The van der Waals surface area contributed by atoms with Crippen molar-refractivity contribution in [1.29, 1.82) is 0 Å². The molecule has 0 bridgehead atoms. The second-order valence-corrected chi connectivity index (χ2v) is 6.47. The highest BCUT2D eigenvalue weighted by atomic mass is 32.2. The Morgan fingerprint density at radius 3 is 1.84 bits per heavy atom. The Balaban J connectivity index is 2.00. The Hall–Kier alpha value is -2.72. The number of imide groups is 1. The van der Waals surface area contributed by atoms with Gasteiger partial charge in [0, 0.05) is 0 Å². The molecule has 2 aromatic carbocycles. The van der Waals surface area contributed by atoms with Gasteiger partial charge >= 0.3 is 16.3 Å². The summed E-state index contributed by atoms with van der Waals surface area (Å²) in [6, 6.07) is 8.74. The third kappa shape index (κ3) is 2.89. The van der Waals surface area contributed by atoms with Crippen LogP contribution in [0.2, 0.25) is 0 Å². The zero-order chi connectivity index (χ0) is 18.4. The lowest BCUT2D eigenvalue weighted by Gasteiger charge is -2.16. The Kier molecular flexibility index (Phi) is 3.88. The minimum atomic E-state index is -5.08. The maximum absolute atomic E-state index is 13.0. The fraction of sp³-hybridized carbons (Fsp3) is 0.0667. The SMILES string of the molecule is O=C1c2ccccc2C(=O)N1OS(=O)(=O)c1ccccc1C(F)(F)F. The van der Waals surface area contributed by atoms with E-state index >= 15 is 0 Å². The van der Waals surface area contributed by atoms with Crippen molar-refractivity contribution in [2.24, 2.45) is 0 Å². The maximum atomic E-state index is 13.0. The van der Waals surface area contributed by atoms with Crippen molar-refractivity contribution in [3.63, 3.8) is 0 Å². The largest absolute Gasteiger partial charge is 0.417 e. The highest BCUT2D eigenvalue weighted by Crippen LogP contribution is 2.35. The summed E-state index contributed by atoms with van der Waals surface area (Å²) in [5.41, 5.74) is -1.68. The summed E-state index contributed by atoms with van der Waals surface area (Å²) in [7, 11) is -5.08. The quantitative estimate of drug-likeness (QED) is 0.775. The lowest BCUT2D eigenvalue weighted by Crippen LogP contribution is -2.33. The van der Waals surface area contributed by atoms with Crippen LogP contribution in [0.15, 0.2) is 53.4 Å². The first-order valence-corrected chi connectivity index (χ1v) is 8.12. The van der Waals surface area contributed by atoms with Gasteiger partial charge in [0.2, 0.25) is 0 Å². The van der Waals surface area contributed by atoms with Crippen molar-refractivity contribution in [3.8, 4) is 0 Å². The van der Waals surface area contributed by atoms with Gasteiger partial charge in [0.25, 0.3) is 11.8 Å². The number of fused-ring (bicyclic) bond motifs is 1. The van der Waals surface area contributed by atoms with Crippen molar-refractivity contribution < 1.29 is 35.5 Å². The first kappa shape index (κ1) is 17.1. The summed E-state index contributed by atoms with van der Waals surface area (Å²) < 4.78 is 67.9. The number of rotatable bonds is 3. The van der Waals surface area contributed by atoms with Gasteiger partial charge < -0.3 is 0 Å². The van der Waals surface area contributed by atoms with Crippen LogP contribution in [-0.2, 0) is 20.6 Å². The number of carbonyl (C=O) groups excluding carboxylic acids is 2. The fourth-order valence-electron chi connectivity index (χ4n) is 2.29. The van der Waals surface area contributed by atoms with Gasteiger partial charge in [-0.3, -0.25) is 9.59 Å². The number of halogens is 3. The lowest BCUT2D eigenvalue weighted by molar-refractivity contribution is -0.140. The summed E-state index contributed by atoms with van der Waals surface area (Å²) >= 11 is 0. The third-order valence-corrected chi connectivity index (χ3v) is 4.63. The standard InChI is InChI=1S/C15H8F3NO5S/c16-15(17,18)11-7-3-4-8-12(11)25(22,23)24-19-13(20)9-5-1-2-6-10(9)14(19)21/h1-8H. The topological polar surface area (TPSA) is 80.8 Å². The Labute approximate surface area is 139 Å². The summed E-state index contributed by atoms with van der Waals surface area (Å²) in [5, 5.41) is -0.0623. The molecule has 0 radical (unpaired) electrons. The second-order valence-electron chi connectivity index (χ2n) is 4.97. The van der Waals surface area contributed by atoms with Crippen LogP contribution in [0.4, 0.5) is 13.2 Å². The average molecular weight is 371 g/mol. The molecule has 0 saturated heterocycles. The molecule has 1 aliphatic rings. The predicted octanol–water partition coefficient (Wildman–Crippen LogP) is 2.62. The summed E-state index contributed by atoms with van der Waals surface area (Å²) in [6.45, 7) is 0. The van der Waals surface area contributed by atoms with Gasteiger partial charge in [-0.1, -0.05) is 24.3 Å². The summed E-state index contributed by atoms with van der Waals surface area (Å²) in [6.07, 6.45) is -4.96. The smallest absolute Gasteiger partial charge is 0.266 e. The van der Waals surface area contributed by atoms with E-state index in [0.717, 1.165) is 12.1 Å². The van der Waals surface area contributed by atoms with E-state index in [4.69, 9.17) is 0 Å². The molecule has 0 saturated carbocycles. The molecule has 1 heterocycles. The van der Waals surface area contributed by atoms with E-state index in [1.54, 1.807) is 0 Å². The van der Waals surface area contributed by atoms with Gasteiger partial charge in [-0.25, -0.2) is 0 Å². The van der Waals surface area contributed by atoms with E-state index in [-0.39, 0.29) is 16.2 Å². The third-order valence-electron chi connectivity index (χ3n) is 3.39. The number of nitrogens with zero attached hydrogens (tertiary/aromatic N) is 1. The molecule has 0 aliphatic carbocycles. The fourth-order valence-corrected chi connectivity index (χ4v) is 3.40. The molecule has 0 spiro atoms. The van der Waals surface area contributed by atoms with E-state index in [0.29, 0.717) is 12.1 Å². The molecule has 2 amide bonds. The monoisotopic (exact) mass is 371 g/mol. The molecule has 130 valence electrons. The number of hydrogen-bond donors (Lipinski definition) is 0. The number of alkyl halides is 3. The highest BCUT2D eigenvalue weighted by molar-refractivity contribution is 7.86. The first-order valence-electron chi connectivity index (χ1n) is 6.71. The van der Waals surface area contributed by atoms with Crippen molar-refractivity contribution in [2.75, 3.05) is 0 Å². The molecular formula is C15H8F3NO5S. The second kappa shape index (κ2) is 5.67. The van der Waals surface area contributed by atoms with Gasteiger partial charge in [-0.05, 0) is 24.3 Å². The number of hydrogen-bond acceptors (Lipinski definition) is 5. The minimum absolute atomic E-state index is 0.0623. The van der Waals surface area contributed by atoms with Crippen LogP contribution >= 0.6 is 0 Å². The minimum Gasteiger partial charge on any atom is -0.266 e. The van der Waals surface area contributed by atoms with Crippen LogP contribution in [0, 0.1) is 0 Å². The van der Waals surface area contributed by atoms with Gasteiger partial charge in [-0.2, -0.15) is 21.6 Å². The van der Waals surface area contributed by atoms with Crippen LogP contribution in [0.1, 0.15) is 26.3 Å². The Morgan fingerprint density at radius 1 is 0.840 bits per heavy atom. The summed E-state index contributed by atoms with van der Waals surface area (Å²) in [5.74, 6) is -2.15. The summed E-state index contributed by atoms with van der Waals surface area (Å²) in [4.78, 5) is 23.0. The van der Waals surface area contributed by atoms with Gasteiger partial charge in [0.05, 0.1) is 16.7 Å². The zero-order valence-corrected chi connectivity index (χ0v) is 13.0. The van der Waals surface area contributed by atoms with E-state index in [2.05, 4.69) is 4.28 Å². The predicted molar refractivity (Wildman–Crippen MR) is 76.7 cm³/mol. The number of amides is 2. The molecule has 0 fully saturated rings. The molecule has 3 rings (SSSR count). The maximum Gasteiger partial charge on any atom is 0.417 e. The number of carbonyl (C=O) groups is 2. The lowest BCUT2D eigenvalue weighted by atomic mass is 10.1. The van der Waals surface area contributed by atoms with Crippen LogP contribution in [0.25, 0.3) is 0 Å². The molecule has 6 nitrogen and oxygen atoms in total. The van der Waals surface area contributed by atoms with Gasteiger partial charge in [-0.15, -0.1) is 9.35 Å². The van der Waals surface area contributed by atoms with E-state index < -0.39 is 38.6 Å². The average Bonchev–Trinajstić information content (AvgIpc) is 2.79. The van der Waals surface area contributed by atoms with Crippen molar-refractivity contribution in [2.45, 2.75) is 11.1 Å². The molecule has 0 aromatic heterocycles. The first-order chi connectivity index (χ1) is 11.6. The van der Waals surface area contributed by atoms with E-state index in [1.807, 2.05) is 0 Å². The van der Waals surface area contributed by atoms with E-state index in [1.165, 1.54) is 24.3 Å². The number of benzene rings is 2. The molecule has 0 N–H and O–H groups in total. The molecule has 25 heavy (non-hydrogen) atoms. The van der Waals surface area contributed by atoms with Crippen molar-refractivity contribution in [1.82, 2.24) is 5.06 Å². The van der Waals surface area contributed by atoms with Crippen LogP contribution in [0.5, 0.6) is 0 Å². The normalized spacial score (nSPS) is 14.8. The van der Waals surface area contributed by atoms with Crippen LogP contribution in [-0.4, -0.2) is 25.3 Å². The van der Waals surface area contributed by atoms with Crippen LogP contribution < -0.4 is 0 Å². The van der Waals surface area contributed by atoms with Crippen LogP contribution in [0.3, 0.4) is 0 Å². The molecule has 0 atom stereocenters. The van der Waals surface area contributed by atoms with Crippen molar-refractivity contribution >= 4 is 21.9 Å². The molecule has 0 unspecified atom stereocenters. The van der Waals surface area contributed by atoms with E-state index in [9.17, 15) is 31.2 Å². The number of hydroxylamine groups is 2. The highest BCUT2D eigenvalue weighted by Gasteiger charge is 2.43.